The average molecular weight is 478 g/mol. The van der Waals surface area contributed by atoms with Crippen LogP contribution < -0.4 is 4.74 Å². The van der Waals surface area contributed by atoms with Crippen LogP contribution in [0.5, 0.6) is 5.75 Å². The molecule has 182 valence electrons. The van der Waals surface area contributed by atoms with Crippen molar-refractivity contribution in [2.45, 2.75) is 33.2 Å². The van der Waals surface area contributed by atoms with Gasteiger partial charge in [0.05, 0.1) is 11.1 Å². The number of ether oxygens (including phenoxy) is 1. The van der Waals surface area contributed by atoms with E-state index in [9.17, 15) is 24.0 Å². The minimum Gasteiger partial charge on any atom is -0.427 e. The van der Waals surface area contributed by atoms with Gasteiger partial charge in [-0.15, -0.1) is 0 Å². The van der Waals surface area contributed by atoms with Crippen LogP contribution in [0.15, 0.2) is 42.5 Å². The molecule has 0 saturated carbocycles. The number of esters is 1. The van der Waals surface area contributed by atoms with E-state index in [0.29, 0.717) is 55.0 Å². The minimum absolute atomic E-state index is 0.205. The third-order valence-electron chi connectivity index (χ3n) is 6.09. The molecule has 2 aromatic rings. The van der Waals surface area contributed by atoms with Crippen LogP contribution in [0, 0.1) is 0 Å². The second-order valence-electron chi connectivity index (χ2n) is 8.89. The van der Waals surface area contributed by atoms with Gasteiger partial charge in [0.25, 0.3) is 23.6 Å². The zero-order valence-electron chi connectivity index (χ0n) is 19.9. The maximum absolute atomic E-state index is 13.2. The molecule has 2 aliphatic rings. The molecule has 0 atom stereocenters. The molecule has 1 saturated heterocycles. The summed E-state index contributed by atoms with van der Waals surface area (Å²) in [5.74, 6) is -1.35. The summed E-state index contributed by atoms with van der Waals surface area (Å²) in [6.07, 6.45) is 0.588. The van der Waals surface area contributed by atoms with Crippen molar-refractivity contribution >= 4 is 29.6 Å². The number of amides is 4. The molecule has 1 fully saturated rings. The number of hydrogen-bond donors (Lipinski definition) is 0. The molecule has 0 bridgehead atoms. The first-order valence-electron chi connectivity index (χ1n) is 11.6. The van der Waals surface area contributed by atoms with Gasteiger partial charge >= 0.3 is 5.97 Å². The molecule has 9 heteroatoms. The normalized spacial score (nSPS) is 15.8. The van der Waals surface area contributed by atoms with E-state index in [4.69, 9.17) is 4.74 Å². The second-order valence-corrected chi connectivity index (χ2v) is 8.89. The Labute approximate surface area is 203 Å². The summed E-state index contributed by atoms with van der Waals surface area (Å²) in [5.41, 5.74) is 1.29. The van der Waals surface area contributed by atoms with Crippen LogP contribution in [0.2, 0.25) is 0 Å². The quantitative estimate of drug-likeness (QED) is 0.381. The Morgan fingerprint density at radius 3 is 2.00 bits per heavy atom. The van der Waals surface area contributed by atoms with Gasteiger partial charge in [-0.2, -0.15) is 0 Å². The molecular formula is C26H27N3O6. The van der Waals surface area contributed by atoms with Crippen LogP contribution in [0.4, 0.5) is 0 Å². The Hall–Kier alpha value is -4.01. The fraction of sp³-hybridized carbons (Fsp3) is 0.346. The smallest absolute Gasteiger partial charge is 0.308 e. The van der Waals surface area contributed by atoms with Gasteiger partial charge in [-0.05, 0) is 56.7 Å². The zero-order chi connectivity index (χ0) is 25.3. The first kappa shape index (κ1) is 24.1. The summed E-state index contributed by atoms with van der Waals surface area (Å²) >= 11 is 0. The molecule has 0 spiro atoms. The van der Waals surface area contributed by atoms with Crippen LogP contribution in [0.1, 0.15) is 68.6 Å². The summed E-state index contributed by atoms with van der Waals surface area (Å²) in [7, 11) is 0. The van der Waals surface area contributed by atoms with Crippen LogP contribution in [-0.4, -0.2) is 76.5 Å². The fourth-order valence-corrected chi connectivity index (χ4v) is 4.41. The molecule has 0 N–H and O–H groups in total. The number of hydrogen-bond acceptors (Lipinski definition) is 6. The average Bonchev–Trinajstić information content (AvgIpc) is 2.97. The van der Waals surface area contributed by atoms with E-state index in [1.807, 2.05) is 0 Å². The predicted octanol–water partition coefficient (Wildman–Crippen LogP) is 2.60. The van der Waals surface area contributed by atoms with Gasteiger partial charge in [0.1, 0.15) is 5.75 Å². The molecule has 4 amide bonds. The predicted molar refractivity (Wildman–Crippen MR) is 126 cm³/mol. The SMILES string of the molecule is CC(=O)Oc1cccc(C(=O)N2CCCN(C(=O)c3ccc4c(c3)C(=O)N(C(C)C)C4=O)CC2)c1. The first-order valence-corrected chi connectivity index (χ1v) is 11.6. The van der Waals surface area contributed by atoms with Crippen molar-refractivity contribution in [3.8, 4) is 5.75 Å². The lowest BCUT2D eigenvalue weighted by molar-refractivity contribution is -0.131. The fourth-order valence-electron chi connectivity index (χ4n) is 4.41. The standard InChI is InChI=1S/C26H27N3O6/c1-16(2)29-25(33)21-9-8-19(15-22(21)26(29)34)24(32)28-11-5-10-27(12-13-28)23(31)18-6-4-7-20(14-18)35-17(3)30/h4,6-9,14-16H,5,10-13H2,1-3H3. The van der Waals surface area contributed by atoms with Crippen LogP contribution in [-0.2, 0) is 4.79 Å². The lowest BCUT2D eigenvalue weighted by Gasteiger charge is -2.22. The van der Waals surface area contributed by atoms with Crippen LogP contribution in [0.3, 0.4) is 0 Å². The molecule has 0 aromatic heterocycles. The third-order valence-corrected chi connectivity index (χ3v) is 6.09. The highest BCUT2D eigenvalue weighted by Crippen LogP contribution is 2.26. The Bertz CT molecular complexity index is 1220. The lowest BCUT2D eigenvalue weighted by atomic mass is 10.0. The Morgan fingerprint density at radius 1 is 0.800 bits per heavy atom. The van der Waals surface area contributed by atoms with Gasteiger partial charge in [0.2, 0.25) is 0 Å². The Kier molecular flexibility index (Phi) is 6.68. The van der Waals surface area contributed by atoms with Gasteiger partial charge < -0.3 is 14.5 Å². The summed E-state index contributed by atoms with van der Waals surface area (Å²) in [6, 6.07) is 10.8. The number of benzene rings is 2. The van der Waals surface area contributed by atoms with Crippen molar-refractivity contribution < 1.29 is 28.7 Å². The highest BCUT2D eigenvalue weighted by Gasteiger charge is 2.37. The Balaban J connectivity index is 1.45. The summed E-state index contributed by atoms with van der Waals surface area (Å²) in [6.45, 7) is 6.43. The number of nitrogens with zero attached hydrogens (tertiary/aromatic N) is 3. The van der Waals surface area contributed by atoms with E-state index < -0.39 is 11.9 Å². The van der Waals surface area contributed by atoms with E-state index in [1.165, 1.54) is 30.0 Å². The van der Waals surface area contributed by atoms with E-state index >= 15 is 0 Å². The van der Waals surface area contributed by atoms with Crippen molar-refractivity contribution in [3.63, 3.8) is 0 Å². The number of rotatable bonds is 4. The van der Waals surface area contributed by atoms with Crippen molar-refractivity contribution in [1.29, 1.82) is 0 Å². The topological polar surface area (TPSA) is 104 Å². The molecule has 0 radical (unpaired) electrons. The Morgan fingerprint density at radius 2 is 1.40 bits per heavy atom. The zero-order valence-corrected chi connectivity index (χ0v) is 19.9. The second kappa shape index (κ2) is 9.69. The van der Waals surface area contributed by atoms with Gasteiger partial charge in [-0.3, -0.25) is 28.9 Å². The molecular weight excluding hydrogens is 450 g/mol. The highest BCUT2D eigenvalue weighted by molar-refractivity contribution is 6.22. The first-order chi connectivity index (χ1) is 16.7. The molecule has 0 unspecified atom stereocenters. The highest BCUT2D eigenvalue weighted by atomic mass is 16.5. The molecule has 0 aliphatic carbocycles. The van der Waals surface area contributed by atoms with E-state index in [1.54, 1.807) is 47.9 Å². The molecule has 4 rings (SSSR count). The molecule has 9 nitrogen and oxygen atoms in total. The van der Waals surface area contributed by atoms with E-state index in [-0.39, 0.29) is 29.3 Å². The van der Waals surface area contributed by atoms with Gasteiger partial charge in [0.15, 0.2) is 0 Å². The number of fused-ring (bicyclic) bond motifs is 1. The van der Waals surface area contributed by atoms with Crippen molar-refractivity contribution in [1.82, 2.24) is 14.7 Å². The van der Waals surface area contributed by atoms with E-state index in [2.05, 4.69) is 0 Å². The number of carbonyl (C=O) groups is 5. The van der Waals surface area contributed by atoms with E-state index in [0.717, 1.165) is 0 Å². The van der Waals surface area contributed by atoms with Crippen LogP contribution >= 0.6 is 0 Å². The summed E-state index contributed by atoms with van der Waals surface area (Å²) < 4.78 is 5.07. The molecule has 35 heavy (non-hydrogen) atoms. The third kappa shape index (κ3) is 4.80. The maximum atomic E-state index is 13.2. The summed E-state index contributed by atoms with van der Waals surface area (Å²) in [4.78, 5) is 67.2. The van der Waals surface area contributed by atoms with Gasteiger partial charge in [-0.25, -0.2) is 0 Å². The number of imide groups is 1. The van der Waals surface area contributed by atoms with Crippen LogP contribution in [0.25, 0.3) is 0 Å². The largest absolute Gasteiger partial charge is 0.427 e. The maximum Gasteiger partial charge on any atom is 0.308 e. The minimum atomic E-state index is -0.465. The van der Waals surface area contributed by atoms with Crippen molar-refractivity contribution in [2.24, 2.45) is 0 Å². The van der Waals surface area contributed by atoms with Gasteiger partial charge in [-0.1, -0.05) is 6.07 Å². The van der Waals surface area contributed by atoms with Gasteiger partial charge in [0, 0.05) is 50.3 Å². The molecule has 2 heterocycles. The summed E-state index contributed by atoms with van der Waals surface area (Å²) in [5, 5.41) is 0. The lowest BCUT2D eigenvalue weighted by Crippen LogP contribution is -2.37. The monoisotopic (exact) mass is 477 g/mol. The molecule has 2 aliphatic heterocycles. The van der Waals surface area contributed by atoms with Crippen molar-refractivity contribution in [2.75, 3.05) is 26.2 Å². The number of carbonyl (C=O) groups excluding carboxylic acids is 5. The van der Waals surface area contributed by atoms with Crippen molar-refractivity contribution in [3.05, 3.63) is 64.7 Å². The molecule has 2 aromatic carbocycles.